The van der Waals surface area contributed by atoms with E-state index >= 15 is 0 Å². The first-order valence-electron chi connectivity index (χ1n) is 7.03. The molecule has 3 nitrogen and oxygen atoms in total. The molecule has 1 aliphatic heterocycles. The van der Waals surface area contributed by atoms with Crippen molar-refractivity contribution in [1.82, 2.24) is 0 Å². The lowest BCUT2D eigenvalue weighted by molar-refractivity contribution is -0.909. The molecule has 1 amide bonds. The lowest BCUT2D eigenvalue weighted by atomic mass is 9.91. The standard InChI is InChI=1S/C14H22N2O/c15-14(17)11-3-5-16(6-4-11)9-13-8-10-1-2-12(13)7-10/h1-2,10-13H,3-9H2,(H2,15,17)/p+1/t10-,12+,13-/m0/s1. The fraction of sp³-hybridized carbons (Fsp3) is 0.786. The van der Waals surface area contributed by atoms with E-state index in [2.05, 4.69) is 12.2 Å². The molecule has 0 radical (unpaired) electrons. The van der Waals surface area contributed by atoms with Crippen LogP contribution in [0.3, 0.4) is 0 Å². The predicted molar refractivity (Wildman–Crippen MR) is 66.3 cm³/mol. The van der Waals surface area contributed by atoms with Gasteiger partial charge in [-0.05, 0) is 24.7 Å². The summed E-state index contributed by atoms with van der Waals surface area (Å²) in [6, 6.07) is 0. The summed E-state index contributed by atoms with van der Waals surface area (Å²) in [5.41, 5.74) is 5.37. The van der Waals surface area contributed by atoms with Crippen LogP contribution in [0.5, 0.6) is 0 Å². The highest BCUT2D eigenvalue weighted by molar-refractivity contribution is 5.76. The van der Waals surface area contributed by atoms with Crippen LogP contribution in [0, 0.1) is 23.7 Å². The summed E-state index contributed by atoms with van der Waals surface area (Å²) in [5.74, 6) is 2.71. The number of allylic oxidation sites excluding steroid dienone is 2. The average Bonchev–Trinajstić information content (AvgIpc) is 2.91. The number of fused-ring (bicyclic) bond motifs is 2. The van der Waals surface area contributed by atoms with Crippen molar-refractivity contribution in [3.8, 4) is 0 Å². The maximum absolute atomic E-state index is 11.1. The molecule has 3 heteroatoms. The number of hydrogen-bond donors (Lipinski definition) is 2. The van der Waals surface area contributed by atoms with E-state index in [1.165, 1.54) is 19.4 Å². The minimum absolute atomic E-state index is 0.0908. The molecule has 0 spiro atoms. The average molecular weight is 235 g/mol. The first-order chi connectivity index (χ1) is 8.22. The largest absolute Gasteiger partial charge is 0.369 e. The third kappa shape index (κ3) is 2.25. The van der Waals surface area contributed by atoms with Crippen molar-refractivity contribution in [1.29, 1.82) is 0 Å². The molecule has 3 atom stereocenters. The van der Waals surface area contributed by atoms with E-state index in [0.29, 0.717) is 0 Å². The highest BCUT2D eigenvalue weighted by atomic mass is 16.1. The highest BCUT2D eigenvalue weighted by Gasteiger charge is 2.38. The number of amides is 1. The van der Waals surface area contributed by atoms with E-state index in [1.807, 2.05) is 0 Å². The Labute approximate surface area is 103 Å². The van der Waals surface area contributed by atoms with Crippen molar-refractivity contribution in [2.75, 3.05) is 19.6 Å². The quantitative estimate of drug-likeness (QED) is 0.664. The molecule has 17 heavy (non-hydrogen) atoms. The van der Waals surface area contributed by atoms with Gasteiger partial charge in [0.1, 0.15) is 0 Å². The van der Waals surface area contributed by atoms with Crippen LogP contribution in [-0.2, 0) is 4.79 Å². The second-order valence-electron chi connectivity index (χ2n) is 6.17. The van der Waals surface area contributed by atoms with Gasteiger partial charge in [-0.2, -0.15) is 0 Å². The highest BCUT2D eigenvalue weighted by Crippen LogP contribution is 2.42. The topological polar surface area (TPSA) is 47.5 Å². The van der Waals surface area contributed by atoms with Gasteiger partial charge in [-0.25, -0.2) is 0 Å². The normalized spacial score (nSPS) is 44.1. The molecule has 1 saturated carbocycles. The molecule has 3 N–H and O–H groups in total. The summed E-state index contributed by atoms with van der Waals surface area (Å²) in [6.07, 6.45) is 9.67. The van der Waals surface area contributed by atoms with Gasteiger partial charge >= 0.3 is 0 Å². The molecule has 1 heterocycles. The second kappa shape index (κ2) is 4.45. The second-order valence-corrected chi connectivity index (χ2v) is 6.17. The molecule has 0 unspecified atom stereocenters. The number of carbonyl (C=O) groups excluding carboxylic acids is 1. The van der Waals surface area contributed by atoms with Gasteiger partial charge in [-0.1, -0.05) is 12.2 Å². The molecule has 1 saturated heterocycles. The van der Waals surface area contributed by atoms with Crippen LogP contribution in [0.15, 0.2) is 12.2 Å². The van der Waals surface area contributed by atoms with Crippen LogP contribution in [0.4, 0.5) is 0 Å². The van der Waals surface area contributed by atoms with Gasteiger partial charge in [-0.15, -0.1) is 0 Å². The number of nitrogens with one attached hydrogen (secondary N) is 1. The number of quaternary nitrogens is 1. The van der Waals surface area contributed by atoms with Gasteiger partial charge in [0.05, 0.1) is 19.6 Å². The molecule has 0 aromatic carbocycles. The van der Waals surface area contributed by atoms with Crippen LogP contribution in [0.1, 0.15) is 25.7 Å². The SMILES string of the molecule is NC(=O)C1CC[NH+](C[C@@H]2C[C@H]3C=C[C@@H]2C3)CC1. The lowest BCUT2D eigenvalue weighted by Gasteiger charge is -2.31. The lowest BCUT2D eigenvalue weighted by Crippen LogP contribution is -3.13. The van der Waals surface area contributed by atoms with E-state index in [1.54, 1.807) is 4.90 Å². The van der Waals surface area contributed by atoms with E-state index in [4.69, 9.17) is 5.73 Å². The molecule has 94 valence electrons. The Balaban J connectivity index is 1.48. The smallest absolute Gasteiger partial charge is 0.220 e. The van der Waals surface area contributed by atoms with Gasteiger partial charge in [0.25, 0.3) is 0 Å². The first kappa shape index (κ1) is 11.3. The number of primary amides is 1. The van der Waals surface area contributed by atoms with Gasteiger partial charge in [0, 0.05) is 24.7 Å². The number of rotatable bonds is 3. The van der Waals surface area contributed by atoms with Crippen LogP contribution in [-0.4, -0.2) is 25.5 Å². The van der Waals surface area contributed by atoms with Crippen LogP contribution in [0.2, 0.25) is 0 Å². The Kier molecular flexibility index (Phi) is 2.95. The number of hydrogen-bond acceptors (Lipinski definition) is 1. The van der Waals surface area contributed by atoms with Gasteiger partial charge in [0.2, 0.25) is 5.91 Å². The summed E-state index contributed by atoms with van der Waals surface area (Å²) in [7, 11) is 0. The predicted octanol–water partition coefficient (Wildman–Crippen LogP) is -0.0212. The Morgan fingerprint density at radius 1 is 1.24 bits per heavy atom. The van der Waals surface area contributed by atoms with Crippen LogP contribution < -0.4 is 10.6 Å². The fourth-order valence-corrected chi connectivity index (χ4v) is 4.01. The zero-order valence-electron chi connectivity index (χ0n) is 10.4. The molecular formula is C14H23N2O+. The summed E-state index contributed by atoms with van der Waals surface area (Å²) >= 11 is 0. The van der Waals surface area contributed by atoms with Crippen LogP contribution >= 0.6 is 0 Å². The molecular weight excluding hydrogens is 212 g/mol. The summed E-state index contributed by atoms with van der Waals surface area (Å²) in [4.78, 5) is 12.8. The number of nitrogens with two attached hydrogens (primary N) is 1. The third-order valence-electron chi connectivity index (χ3n) is 5.06. The van der Waals surface area contributed by atoms with Crippen molar-refractivity contribution in [2.45, 2.75) is 25.7 Å². The van der Waals surface area contributed by atoms with E-state index in [-0.39, 0.29) is 11.8 Å². The summed E-state index contributed by atoms with van der Waals surface area (Å²) in [6.45, 7) is 3.60. The fourth-order valence-electron chi connectivity index (χ4n) is 4.01. The van der Waals surface area contributed by atoms with Gasteiger partial charge in [0.15, 0.2) is 0 Å². The van der Waals surface area contributed by atoms with Crippen LogP contribution in [0.25, 0.3) is 0 Å². The maximum Gasteiger partial charge on any atom is 0.220 e. The van der Waals surface area contributed by atoms with E-state index < -0.39 is 0 Å². The van der Waals surface area contributed by atoms with Gasteiger partial charge < -0.3 is 10.6 Å². The zero-order chi connectivity index (χ0) is 11.8. The van der Waals surface area contributed by atoms with Crippen molar-refractivity contribution in [3.05, 3.63) is 12.2 Å². The van der Waals surface area contributed by atoms with E-state index in [0.717, 1.165) is 43.7 Å². The third-order valence-corrected chi connectivity index (χ3v) is 5.06. The summed E-state index contributed by atoms with van der Waals surface area (Å²) in [5, 5.41) is 0. The maximum atomic E-state index is 11.1. The number of piperidine rings is 1. The van der Waals surface area contributed by atoms with Crippen molar-refractivity contribution >= 4 is 5.91 Å². The molecule has 0 aromatic heterocycles. The number of likely N-dealkylation sites (tertiary alicyclic amines) is 1. The van der Waals surface area contributed by atoms with Crippen molar-refractivity contribution in [2.24, 2.45) is 29.4 Å². The minimum Gasteiger partial charge on any atom is -0.369 e. The molecule has 2 fully saturated rings. The molecule has 0 aromatic rings. The number of carbonyl (C=O) groups is 1. The zero-order valence-corrected chi connectivity index (χ0v) is 10.4. The van der Waals surface area contributed by atoms with Gasteiger partial charge in [-0.3, -0.25) is 4.79 Å². The Morgan fingerprint density at radius 3 is 2.53 bits per heavy atom. The molecule has 2 bridgehead atoms. The molecule has 2 aliphatic carbocycles. The van der Waals surface area contributed by atoms with E-state index in [9.17, 15) is 4.79 Å². The summed E-state index contributed by atoms with van der Waals surface area (Å²) < 4.78 is 0. The Morgan fingerprint density at radius 2 is 2.00 bits per heavy atom. The molecule has 3 rings (SSSR count). The van der Waals surface area contributed by atoms with Crippen molar-refractivity contribution < 1.29 is 9.69 Å². The van der Waals surface area contributed by atoms with Crippen molar-refractivity contribution in [3.63, 3.8) is 0 Å². The Hall–Kier alpha value is -0.830. The minimum atomic E-state index is -0.0908. The molecule has 3 aliphatic rings. The monoisotopic (exact) mass is 235 g/mol. The first-order valence-corrected chi connectivity index (χ1v) is 7.03. The Bertz CT molecular complexity index is 331.